The van der Waals surface area contributed by atoms with E-state index in [0.717, 1.165) is 32.4 Å². The van der Waals surface area contributed by atoms with Crippen LogP contribution in [0.1, 0.15) is 36.6 Å². The lowest BCUT2D eigenvalue weighted by Gasteiger charge is -2.18. The molecule has 2 aromatic rings. The molecule has 0 unspecified atom stereocenters. The highest BCUT2D eigenvalue weighted by Crippen LogP contribution is 2.24. The van der Waals surface area contributed by atoms with Gasteiger partial charge in [-0.25, -0.2) is 4.98 Å². The number of hydrogen-bond acceptors (Lipinski definition) is 2. The second kappa shape index (κ2) is 5.17. The first kappa shape index (κ1) is 12.4. The molecule has 1 aromatic heterocycles. The van der Waals surface area contributed by atoms with E-state index in [1.54, 1.807) is 0 Å². The van der Waals surface area contributed by atoms with Gasteiger partial charge >= 0.3 is 0 Å². The number of aryl methyl sites for hydroxylation is 2. The molecule has 0 fully saturated rings. The Morgan fingerprint density at radius 2 is 2.05 bits per heavy atom. The third-order valence-corrected chi connectivity index (χ3v) is 3.89. The van der Waals surface area contributed by atoms with Crippen LogP contribution in [0.2, 0.25) is 0 Å². The Bertz CT molecular complexity index is 584. The van der Waals surface area contributed by atoms with Crippen molar-refractivity contribution < 1.29 is 0 Å². The Labute approximate surface area is 114 Å². The number of rotatable bonds is 3. The van der Waals surface area contributed by atoms with Crippen molar-refractivity contribution in [3.8, 4) is 5.69 Å². The summed E-state index contributed by atoms with van der Waals surface area (Å²) >= 11 is 0. The van der Waals surface area contributed by atoms with Crippen LogP contribution in [-0.4, -0.2) is 16.1 Å². The van der Waals surface area contributed by atoms with Gasteiger partial charge in [-0.05, 0) is 18.1 Å². The summed E-state index contributed by atoms with van der Waals surface area (Å²) in [6.45, 7) is 6.36. The van der Waals surface area contributed by atoms with Crippen LogP contribution in [0, 0.1) is 0 Å². The number of benzene rings is 1. The molecule has 0 amide bonds. The van der Waals surface area contributed by atoms with Gasteiger partial charge < -0.3 is 9.88 Å². The van der Waals surface area contributed by atoms with Crippen LogP contribution in [0.15, 0.2) is 24.3 Å². The first-order valence-corrected chi connectivity index (χ1v) is 7.23. The maximum absolute atomic E-state index is 4.82. The minimum Gasteiger partial charge on any atom is -0.311 e. The molecule has 100 valence electrons. The van der Waals surface area contributed by atoms with E-state index in [1.165, 1.54) is 28.5 Å². The molecule has 1 N–H and O–H groups in total. The normalized spacial score (nSPS) is 14.4. The van der Waals surface area contributed by atoms with Gasteiger partial charge in [0.25, 0.3) is 0 Å². The summed E-state index contributed by atoms with van der Waals surface area (Å²) in [7, 11) is 0. The van der Waals surface area contributed by atoms with Gasteiger partial charge in [-0.1, -0.05) is 32.0 Å². The average Bonchev–Trinajstić information content (AvgIpc) is 2.85. The zero-order chi connectivity index (χ0) is 13.2. The minimum absolute atomic E-state index is 0.906. The maximum Gasteiger partial charge on any atom is 0.113 e. The van der Waals surface area contributed by atoms with Gasteiger partial charge in [0.2, 0.25) is 0 Å². The summed E-state index contributed by atoms with van der Waals surface area (Å²) in [5, 5.41) is 3.41. The van der Waals surface area contributed by atoms with E-state index in [0.29, 0.717) is 0 Å². The first-order valence-electron chi connectivity index (χ1n) is 7.23. The zero-order valence-electron chi connectivity index (χ0n) is 11.7. The molecule has 3 heteroatoms. The predicted octanol–water partition coefficient (Wildman–Crippen LogP) is 2.64. The van der Waals surface area contributed by atoms with Gasteiger partial charge in [-0.3, -0.25) is 0 Å². The van der Waals surface area contributed by atoms with E-state index >= 15 is 0 Å². The summed E-state index contributed by atoms with van der Waals surface area (Å²) < 4.78 is 2.40. The minimum atomic E-state index is 0.906. The number of fused-ring (bicyclic) bond motifs is 1. The van der Waals surface area contributed by atoms with Crippen LogP contribution in [-0.2, 0) is 25.8 Å². The lowest BCUT2D eigenvalue weighted by Crippen LogP contribution is -2.25. The van der Waals surface area contributed by atoms with Crippen LogP contribution in [0.4, 0.5) is 0 Å². The Kier molecular flexibility index (Phi) is 3.38. The second-order valence-electron chi connectivity index (χ2n) is 5.02. The standard InChI is InChI=1S/C16H21N3/c1-3-12-7-5-6-8-14(12)19-15-9-10-17-11-13(15)18-16(19)4-2/h5-8,17H,3-4,9-11H2,1-2H3. The van der Waals surface area contributed by atoms with Crippen LogP contribution >= 0.6 is 0 Å². The Morgan fingerprint density at radius 3 is 2.84 bits per heavy atom. The fourth-order valence-electron chi connectivity index (χ4n) is 2.92. The molecule has 1 aliphatic rings. The molecule has 0 radical (unpaired) electrons. The smallest absolute Gasteiger partial charge is 0.113 e. The predicted molar refractivity (Wildman–Crippen MR) is 77.7 cm³/mol. The number of aromatic nitrogens is 2. The lowest BCUT2D eigenvalue weighted by molar-refractivity contribution is 0.619. The van der Waals surface area contributed by atoms with Crippen molar-refractivity contribution in [1.29, 1.82) is 0 Å². The van der Waals surface area contributed by atoms with Gasteiger partial charge in [-0.2, -0.15) is 0 Å². The monoisotopic (exact) mass is 255 g/mol. The van der Waals surface area contributed by atoms with Crippen molar-refractivity contribution in [2.45, 2.75) is 39.7 Å². The molecule has 0 bridgehead atoms. The van der Waals surface area contributed by atoms with Gasteiger partial charge in [0, 0.05) is 31.6 Å². The van der Waals surface area contributed by atoms with Gasteiger partial charge in [0.05, 0.1) is 11.4 Å². The van der Waals surface area contributed by atoms with Crippen LogP contribution < -0.4 is 5.32 Å². The maximum atomic E-state index is 4.82. The van der Waals surface area contributed by atoms with E-state index in [9.17, 15) is 0 Å². The quantitative estimate of drug-likeness (QED) is 0.913. The first-order chi connectivity index (χ1) is 9.35. The molecular weight excluding hydrogens is 234 g/mol. The van der Waals surface area contributed by atoms with E-state index in [4.69, 9.17) is 4.98 Å². The summed E-state index contributed by atoms with van der Waals surface area (Å²) in [6.07, 6.45) is 3.11. The topological polar surface area (TPSA) is 29.9 Å². The zero-order valence-corrected chi connectivity index (χ0v) is 11.7. The Hall–Kier alpha value is -1.61. The molecule has 0 saturated carbocycles. The summed E-state index contributed by atoms with van der Waals surface area (Å²) in [5.41, 5.74) is 5.35. The van der Waals surface area contributed by atoms with Crippen molar-refractivity contribution >= 4 is 0 Å². The molecule has 3 nitrogen and oxygen atoms in total. The molecule has 0 aliphatic carbocycles. The summed E-state index contributed by atoms with van der Waals surface area (Å²) in [4.78, 5) is 4.82. The molecule has 1 aromatic carbocycles. The molecule has 0 saturated heterocycles. The van der Waals surface area contributed by atoms with E-state index in [2.05, 4.69) is 48.0 Å². The number of nitrogens with one attached hydrogen (secondary N) is 1. The van der Waals surface area contributed by atoms with Crippen molar-refractivity contribution in [3.63, 3.8) is 0 Å². The molecule has 3 rings (SSSR count). The van der Waals surface area contributed by atoms with Gasteiger partial charge in [0.1, 0.15) is 5.82 Å². The number of nitrogens with zero attached hydrogens (tertiary/aromatic N) is 2. The Balaban J connectivity index is 2.20. The summed E-state index contributed by atoms with van der Waals surface area (Å²) in [6, 6.07) is 8.70. The van der Waals surface area contributed by atoms with Crippen LogP contribution in [0.5, 0.6) is 0 Å². The average molecular weight is 255 g/mol. The lowest BCUT2D eigenvalue weighted by atomic mass is 10.1. The SMILES string of the molecule is CCc1ccccc1-n1c(CC)nc2c1CCNC2. The number of para-hydroxylation sites is 1. The Morgan fingerprint density at radius 1 is 1.21 bits per heavy atom. The highest BCUT2D eigenvalue weighted by atomic mass is 15.1. The van der Waals surface area contributed by atoms with Crippen molar-refractivity contribution in [2.24, 2.45) is 0 Å². The van der Waals surface area contributed by atoms with Crippen LogP contribution in [0.25, 0.3) is 5.69 Å². The third-order valence-electron chi connectivity index (χ3n) is 3.89. The van der Waals surface area contributed by atoms with Gasteiger partial charge in [0.15, 0.2) is 0 Å². The van der Waals surface area contributed by atoms with E-state index in [-0.39, 0.29) is 0 Å². The summed E-state index contributed by atoms with van der Waals surface area (Å²) in [5.74, 6) is 1.19. The molecule has 2 heterocycles. The van der Waals surface area contributed by atoms with E-state index in [1.807, 2.05) is 0 Å². The fraction of sp³-hybridized carbons (Fsp3) is 0.438. The number of imidazole rings is 1. The third kappa shape index (κ3) is 2.08. The highest BCUT2D eigenvalue weighted by molar-refractivity contribution is 5.45. The largest absolute Gasteiger partial charge is 0.311 e. The molecule has 0 atom stereocenters. The van der Waals surface area contributed by atoms with Crippen molar-refractivity contribution in [3.05, 3.63) is 47.0 Å². The number of hydrogen-bond donors (Lipinski definition) is 1. The second-order valence-corrected chi connectivity index (χ2v) is 5.02. The molecule has 1 aliphatic heterocycles. The van der Waals surface area contributed by atoms with Crippen molar-refractivity contribution in [1.82, 2.24) is 14.9 Å². The fourth-order valence-corrected chi connectivity index (χ4v) is 2.92. The molecule has 19 heavy (non-hydrogen) atoms. The van der Waals surface area contributed by atoms with E-state index < -0.39 is 0 Å². The highest BCUT2D eigenvalue weighted by Gasteiger charge is 2.20. The molecular formula is C16H21N3. The van der Waals surface area contributed by atoms with Crippen LogP contribution in [0.3, 0.4) is 0 Å². The molecule has 0 spiro atoms. The van der Waals surface area contributed by atoms with Gasteiger partial charge in [-0.15, -0.1) is 0 Å². The van der Waals surface area contributed by atoms with Crippen molar-refractivity contribution in [2.75, 3.05) is 6.54 Å².